The lowest BCUT2D eigenvalue weighted by Crippen LogP contribution is -1.89. The molecule has 0 amide bonds. The number of hydrogen-bond acceptors (Lipinski definition) is 4. The van der Waals surface area contributed by atoms with Gasteiger partial charge in [-0.1, -0.05) is 0 Å². The predicted molar refractivity (Wildman–Crippen MR) is 47.3 cm³/mol. The molecule has 6 nitrogen and oxygen atoms in total. The van der Waals surface area contributed by atoms with Gasteiger partial charge >= 0.3 is 5.69 Å². The zero-order chi connectivity index (χ0) is 10.3. The summed E-state index contributed by atoms with van der Waals surface area (Å²) in [5, 5.41) is 17.0. The molecule has 0 saturated heterocycles. The van der Waals surface area contributed by atoms with Gasteiger partial charge in [0, 0.05) is 12.3 Å². The summed E-state index contributed by atoms with van der Waals surface area (Å²) in [7, 11) is 0. The molecular formula is C6H5BrN2O4. The van der Waals surface area contributed by atoms with E-state index in [1.54, 1.807) is 0 Å². The Hall–Kier alpha value is -1.50. The Bertz CT molecular complexity index is 304. The van der Waals surface area contributed by atoms with Crippen LogP contribution in [0.5, 0.6) is 0 Å². The number of carboxylic acid groups (broad SMARTS) is 1. The maximum absolute atomic E-state index is 10.2. The van der Waals surface area contributed by atoms with Crippen molar-refractivity contribution in [2.75, 3.05) is 0 Å². The Morgan fingerprint density at radius 1 is 1.69 bits per heavy atom. The third kappa shape index (κ3) is 4.16. The summed E-state index contributed by atoms with van der Waals surface area (Å²) in [5.74, 6) is 0. The molecule has 0 spiro atoms. The fourth-order valence-electron chi connectivity index (χ4n) is 0.514. The van der Waals surface area contributed by atoms with Gasteiger partial charge in [0.15, 0.2) is 4.60 Å². The van der Waals surface area contributed by atoms with Gasteiger partial charge < -0.3 is 5.11 Å². The van der Waals surface area contributed by atoms with Crippen molar-refractivity contribution >= 4 is 28.1 Å². The average Bonchev–Trinajstić information content (AvgIpc) is 2.06. The van der Waals surface area contributed by atoms with Crippen molar-refractivity contribution < 1.29 is 14.8 Å². The minimum atomic E-state index is -0.489. The zero-order valence-electron chi connectivity index (χ0n) is 6.25. The molecule has 0 aliphatic carbocycles. The maximum Gasteiger partial charge on any atom is 0.301 e. The van der Waals surface area contributed by atoms with E-state index in [-0.39, 0.29) is 16.8 Å². The van der Waals surface area contributed by atoms with Crippen molar-refractivity contribution in [3.63, 3.8) is 0 Å². The number of aromatic nitrogens is 1. The molecule has 7 heteroatoms. The first-order valence-corrected chi connectivity index (χ1v) is 3.75. The van der Waals surface area contributed by atoms with E-state index in [4.69, 9.17) is 9.90 Å². The first-order valence-electron chi connectivity index (χ1n) is 2.96. The van der Waals surface area contributed by atoms with Gasteiger partial charge in [0.05, 0.1) is 4.92 Å². The second-order valence-corrected chi connectivity index (χ2v) is 2.43. The Morgan fingerprint density at radius 2 is 2.23 bits per heavy atom. The van der Waals surface area contributed by atoms with Gasteiger partial charge in [-0.15, -0.1) is 0 Å². The van der Waals surface area contributed by atoms with Crippen LogP contribution in [-0.4, -0.2) is 21.5 Å². The summed E-state index contributed by atoms with van der Waals surface area (Å²) in [6, 6.07) is 2.90. The van der Waals surface area contributed by atoms with Gasteiger partial charge in [-0.25, -0.2) is 4.98 Å². The van der Waals surface area contributed by atoms with Gasteiger partial charge in [-0.05, 0) is 22.0 Å². The largest absolute Gasteiger partial charge is 0.483 e. The first kappa shape index (κ1) is 11.5. The molecule has 0 unspecified atom stereocenters. The van der Waals surface area contributed by atoms with Crippen LogP contribution in [0.2, 0.25) is 0 Å². The molecular weight excluding hydrogens is 244 g/mol. The van der Waals surface area contributed by atoms with Crippen LogP contribution >= 0.6 is 15.9 Å². The molecule has 0 aromatic carbocycles. The highest BCUT2D eigenvalue weighted by atomic mass is 79.9. The van der Waals surface area contributed by atoms with Crippen LogP contribution in [0, 0.1) is 10.1 Å². The molecule has 0 radical (unpaired) electrons. The second kappa shape index (κ2) is 6.06. The highest BCUT2D eigenvalue weighted by molar-refractivity contribution is 9.10. The predicted octanol–water partition coefficient (Wildman–Crippen LogP) is 1.45. The van der Waals surface area contributed by atoms with E-state index in [9.17, 15) is 10.1 Å². The molecule has 0 aliphatic heterocycles. The minimum Gasteiger partial charge on any atom is -0.483 e. The van der Waals surface area contributed by atoms with Crippen LogP contribution in [0.15, 0.2) is 22.9 Å². The lowest BCUT2D eigenvalue weighted by molar-refractivity contribution is -0.386. The normalized spacial score (nSPS) is 8.08. The Balaban J connectivity index is 0.000000424. The molecule has 13 heavy (non-hydrogen) atoms. The van der Waals surface area contributed by atoms with Crippen LogP contribution in [-0.2, 0) is 4.79 Å². The highest BCUT2D eigenvalue weighted by Gasteiger charge is 2.09. The number of halogens is 1. The van der Waals surface area contributed by atoms with E-state index < -0.39 is 4.92 Å². The lowest BCUT2D eigenvalue weighted by atomic mass is 10.4. The van der Waals surface area contributed by atoms with Gasteiger partial charge in [0.2, 0.25) is 0 Å². The molecule has 1 aromatic rings. The van der Waals surface area contributed by atoms with Crippen molar-refractivity contribution in [2.45, 2.75) is 0 Å². The molecule has 1 aromatic heterocycles. The topological polar surface area (TPSA) is 93.3 Å². The summed E-state index contributed by atoms with van der Waals surface area (Å²) in [5.41, 5.74) is -0.0116. The molecule has 0 atom stereocenters. The molecule has 1 heterocycles. The summed E-state index contributed by atoms with van der Waals surface area (Å²) < 4.78 is 0.264. The summed E-state index contributed by atoms with van der Waals surface area (Å²) in [4.78, 5) is 21.7. The highest BCUT2D eigenvalue weighted by Crippen LogP contribution is 2.19. The summed E-state index contributed by atoms with van der Waals surface area (Å²) >= 11 is 2.94. The molecule has 1 rings (SSSR count). The second-order valence-electron chi connectivity index (χ2n) is 1.68. The SMILES string of the molecule is O=CO.O=[N+]([O-])c1cccnc1Br. The van der Waals surface area contributed by atoms with E-state index in [0.717, 1.165) is 0 Å². The number of nitro groups is 1. The van der Waals surface area contributed by atoms with Gasteiger partial charge in [0.25, 0.3) is 6.47 Å². The van der Waals surface area contributed by atoms with Crippen LogP contribution < -0.4 is 0 Å². The van der Waals surface area contributed by atoms with Gasteiger partial charge in [0.1, 0.15) is 0 Å². The van der Waals surface area contributed by atoms with Crippen LogP contribution in [0.25, 0.3) is 0 Å². The van der Waals surface area contributed by atoms with Crippen LogP contribution in [0.4, 0.5) is 5.69 Å². The van der Waals surface area contributed by atoms with E-state index in [1.807, 2.05) is 0 Å². The van der Waals surface area contributed by atoms with Crippen molar-refractivity contribution in [3.05, 3.63) is 33.0 Å². The number of hydrogen-bond donors (Lipinski definition) is 1. The molecule has 0 bridgehead atoms. The monoisotopic (exact) mass is 248 g/mol. The van der Waals surface area contributed by atoms with E-state index in [1.165, 1.54) is 18.3 Å². The number of rotatable bonds is 1. The minimum absolute atomic E-state index is 0.0116. The number of nitrogens with zero attached hydrogens (tertiary/aromatic N) is 2. The van der Waals surface area contributed by atoms with Crippen molar-refractivity contribution in [1.29, 1.82) is 0 Å². The van der Waals surface area contributed by atoms with Gasteiger partial charge in [-0.2, -0.15) is 0 Å². The Kier molecular flexibility index (Phi) is 5.37. The Labute approximate surface area is 81.5 Å². The van der Waals surface area contributed by atoms with E-state index in [2.05, 4.69) is 20.9 Å². The summed E-state index contributed by atoms with van der Waals surface area (Å²) in [6.07, 6.45) is 1.48. The van der Waals surface area contributed by atoms with Crippen molar-refractivity contribution in [2.24, 2.45) is 0 Å². The quantitative estimate of drug-likeness (QED) is 0.352. The van der Waals surface area contributed by atoms with Crippen molar-refractivity contribution in [1.82, 2.24) is 4.98 Å². The molecule has 0 aliphatic rings. The van der Waals surface area contributed by atoms with E-state index in [0.29, 0.717) is 0 Å². The third-order valence-corrected chi connectivity index (χ3v) is 1.55. The average molecular weight is 249 g/mol. The lowest BCUT2D eigenvalue weighted by Gasteiger charge is -1.90. The standard InChI is InChI=1S/C5H3BrN2O2.CH2O2/c6-5-4(8(9)10)2-1-3-7-5;2-1-3/h1-3H;1H,(H,2,3). The zero-order valence-corrected chi connectivity index (χ0v) is 7.84. The van der Waals surface area contributed by atoms with Crippen molar-refractivity contribution in [3.8, 4) is 0 Å². The first-order chi connectivity index (χ1) is 6.13. The number of carbonyl (C=O) groups is 1. The fourth-order valence-corrected chi connectivity index (χ4v) is 0.909. The van der Waals surface area contributed by atoms with Gasteiger partial charge in [-0.3, -0.25) is 14.9 Å². The third-order valence-electron chi connectivity index (χ3n) is 0.936. The Morgan fingerprint density at radius 3 is 2.54 bits per heavy atom. The molecule has 0 saturated carbocycles. The molecule has 1 N–H and O–H groups in total. The van der Waals surface area contributed by atoms with E-state index >= 15 is 0 Å². The number of pyridine rings is 1. The van der Waals surface area contributed by atoms with Crippen LogP contribution in [0.1, 0.15) is 0 Å². The molecule has 0 fully saturated rings. The summed E-state index contributed by atoms with van der Waals surface area (Å²) in [6.45, 7) is -0.250. The van der Waals surface area contributed by atoms with Crippen LogP contribution in [0.3, 0.4) is 0 Å². The maximum atomic E-state index is 10.2. The smallest absolute Gasteiger partial charge is 0.301 e. The fraction of sp³-hybridized carbons (Fsp3) is 0. The molecule has 70 valence electrons.